The lowest BCUT2D eigenvalue weighted by Gasteiger charge is -2.36. The first kappa shape index (κ1) is 66.7. The zero-order valence-corrected chi connectivity index (χ0v) is 51.7. The van der Waals surface area contributed by atoms with Crippen LogP contribution in [-0.4, -0.2) is 199 Å². The number of aliphatic hydroxyl groups is 1. The minimum Gasteiger partial charge on any atom is -0.507 e. The van der Waals surface area contributed by atoms with Crippen molar-refractivity contribution in [3.8, 4) is 27.3 Å². The quantitative estimate of drug-likeness (QED) is 0.0345. The minimum atomic E-state index is -1.01. The van der Waals surface area contributed by atoms with E-state index in [0.717, 1.165) is 27.8 Å². The van der Waals surface area contributed by atoms with Gasteiger partial charge in [0.15, 0.2) is 5.82 Å². The Hall–Kier alpha value is -6.87. The molecule has 2 unspecified atom stereocenters. The average molecular weight is 1240 g/mol. The van der Waals surface area contributed by atoms with Crippen LogP contribution in [0.25, 0.3) is 32.5 Å². The van der Waals surface area contributed by atoms with E-state index in [0.29, 0.717) is 18.9 Å². The van der Waals surface area contributed by atoms with E-state index in [1.54, 1.807) is 70.3 Å². The number of phenolic OH excluding ortho intramolecular Hbond substituents is 1. The van der Waals surface area contributed by atoms with Gasteiger partial charge in [-0.3, -0.25) is 19.2 Å². The number of nitrogens with one attached hydrogen (secondary N) is 3. The highest BCUT2D eigenvalue weighted by Gasteiger charge is 2.45. The summed E-state index contributed by atoms with van der Waals surface area (Å²) in [5.41, 5.74) is 2.21. The Morgan fingerprint density at radius 3 is 2.14 bits per heavy atom. The third-order valence-electron chi connectivity index (χ3n) is 14.4. The van der Waals surface area contributed by atoms with Crippen LogP contribution in [0, 0.1) is 24.0 Å². The van der Waals surface area contributed by atoms with Crippen molar-refractivity contribution in [3.05, 3.63) is 82.0 Å². The normalized spacial score (nSPS) is 16.3. The number of aromatic hydroxyl groups is 1. The lowest BCUT2D eigenvalue weighted by Crippen LogP contribution is -2.58. The fraction of sp³-hybridized carbons (Fsp3) is 0.533. The first-order valence-corrected chi connectivity index (χ1v) is 29.8. The standard InChI is InChI=1S/C60H79ClF2N10O12S/c1-36(38-13-15-39(16-14-38)52-37(2)65-35-86-52)66-55(78)44-31-40(74)33-73(44)56(79)53(59(3,4)5)67-46(76)34-84-30-29-83-28-27-82-26-25-81-24-23-70(9)47(77)17-18-64-57-68-51-41(32-42(61)48(50(51)63)49-43(62)11-10-12-45(49)75)54(69-57)71-19-21-72(22-20-71)58(80)85-60(6,7)8/h10-16,32,35-36,40,44,53,74-75H,17-31,33-34H2,1-9H3,(H,66,78)(H,67,76)(H,64,68,69)/t36?,40-,44+,53?/m1/s1. The largest absolute Gasteiger partial charge is 0.507 e. The maximum absolute atomic E-state index is 16.6. The summed E-state index contributed by atoms with van der Waals surface area (Å²) in [5.74, 6) is -3.74. The summed E-state index contributed by atoms with van der Waals surface area (Å²) in [5, 5.41) is 30.1. The number of thiazole rings is 1. The van der Waals surface area contributed by atoms with Gasteiger partial charge in [0, 0.05) is 76.7 Å². The van der Waals surface area contributed by atoms with Crippen LogP contribution in [0.4, 0.5) is 25.3 Å². The number of rotatable bonds is 26. The number of anilines is 2. The predicted molar refractivity (Wildman–Crippen MR) is 322 cm³/mol. The number of nitrogens with zero attached hydrogens (tertiary/aromatic N) is 7. The number of phenols is 1. The molecule has 0 bridgehead atoms. The van der Waals surface area contributed by atoms with E-state index < -0.39 is 76.0 Å². The highest BCUT2D eigenvalue weighted by molar-refractivity contribution is 7.13. The fourth-order valence-corrected chi connectivity index (χ4v) is 10.9. The number of carbonyl (C=O) groups excluding carboxylic acids is 5. The van der Waals surface area contributed by atoms with Crippen molar-refractivity contribution in [2.24, 2.45) is 5.41 Å². The predicted octanol–water partition coefficient (Wildman–Crippen LogP) is 7.12. The van der Waals surface area contributed by atoms with Crippen LogP contribution in [0.2, 0.25) is 5.02 Å². The van der Waals surface area contributed by atoms with Crippen molar-refractivity contribution in [2.45, 2.75) is 98.1 Å². The summed E-state index contributed by atoms with van der Waals surface area (Å²) in [7, 11) is 1.63. The van der Waals surface area contributed by atoms with Gasteiger partial charge in [0.1, 0.15) is 47.2 Å². The number of aryl methyl sites for hydroxylation is 1. The van der Waals surface area contributed by atoms with Crippen LogP contribution in [0.15, 0.2) is 54.0 Å². The van der Waals surface area contributed by atoms with E-state index in [9.17, 15) is 34.2 Å². The smallest absolute Gasteiger partial charge is 0.410 e. The lowest BCUT2D eigenvalue weighted by atomic mass is 9.85. The number of likely N-dealkylation sites (tertiary alicyclic amines) is 1. The van der Waals surface area contributed by atoms with Crippen molar-refractivity contribution in [2.75, 3.05) is 116 Å². The van der Waals surface area contributed by atoms with E-state index in [1.807, 2.05) is 43.0 Å². The number of halogens is 3. The second kappa shape index (κ2) is 30.2. The molecule has 2 aliphatic rings. The van der Waals surface area contributed by atoms with Gasteiger partial charge in [0.25, 0.3) is 0 Å². The number of fused-ring (bicyclic) bond motifs is 1. The van der Waals surface area contributed by atoms with E-state index in [1.165, 1.54) is 28.0 Å². The Bertz CT molecular complexity index is 3140. The highest BCUT2D eigenvalue weighted by atomic mass is 35.5. The second-order valence-corrected chi connectivity index (χ2v) is 24.4. The summed E-state index contributed by atoms with van der Waals surface area (Å²) in [4.78, 5) is 87.6. The maximum Gasteiger partial charge on any atom is 0.410 e. The molecule has 5 aromatic rings. The molecule has 86 heavy (non-hydrogen) atoms. The zero-order chi connectivity index (χ0) is 62.5. The average Bonchev–Trinajstić information content (AvgIpc) is 0.987. The van der Waals surface area contributed by atoms with Gasteiger partial charge in [0.05, 0.1) is 85.1 Å². The SMILES string of the molecule is Cc1ncsc1-c1ccc(C(C)NC(=O)[C@@H]2C[C@@H](O)CN2C(=O)C(NC(=O)COCCOCCOCCOCCN(C)C(=O)CCNc2nc(N3CCN(C(=O)OC(C)(C)C)CC3)c3cc(Cl)c(-c4c(O)cccc4F)c(F)c3n2)C(C)(C)C)cc1. The molecule has 0 saturated carbocycles. The van der Waals surface area contributed by atoms with Gasteiger partial charge in [-0.25, -0.2) is 23.5 Å². The number of hydrogen-bond donors (Lipinski definition) is 5. The van der Waals surface area contributed by atoms with E-state index in [2.05, 4.69) is 25.9 Å². The molecule has 2 fully saturated rings. The van der Waals surface area contributed by atoms with Crippen LogP contribution >= 0.6 is 22.9 Å². The van der Waals surface area contributed by atoms with Crippen LogP contribution in [0.5, 0.6) is 5.75 Å². The van der Waals surface area contributed by atoms with Crippen LogP contribution in [0.3, 0.4) is 0 Å². The Morgan fingerprint density at radius 2 is 1.52 bits per heavy atom. The van der Waals surface area contributed by atoms with Gasteiger partial charge >= 0.3 is 6.09 Å². The molecule has 4 heterocycles. The van der Waals surface area contributed by atoms with Gasteiger partial charge < -0.3 is 69.4 Å². The molecule has 2 aliphatic heterocycles. The summed E-state index contributed by atoms with van der Waals surface area (Å²) in [6, 6.07) is 10.5. The molecule has 0 aliphatic carbocycles. The second-order valence-electron chi connectivity index (χ2n) is 23.2. The molecule has 0 radical (unpaired) electrons. The molecule has 2 saturated heterocycles. The van der Waals surface area contributed by atoms with Crippen molar-refractivity contribution in [1.82, 2.24) is 40.3 Å². The van der Waals surface area contributed by atoms with E-state index >= 15 is 8.78 Å². The number of ether oxygens (including phenoxy) is 5. The van der Waals surface area contributed by atoms with Gasteiger partial charge in [-0.05, 0) is 69.4 Å². The Kier molecular flexibility index (Phi) is 23.4. The van der Waals surface area contributed by atoms with Gasteiger partial charge in [-0.2, -0.15) is 4.98 Å². The molecular weight excluding hydrogens is 1160 g/mol. The van der Waals surface area contributed by atoms with Gasteiger partial charge in [0.2, 0.25) is 29.6 Å². The van der Waals surface area contributed by atoms with Crippen LogP contribution in [0.1, 0.15) is 78.6 Å². The number of aliphatic hydroxyl groups excluding tert-OH is 1. The zero-order valence-electron chi connectivity index (χ0n) is 50.2. The Morgan fingerprint density at radius 1 is 0.872 bits per heavy atom. The number of benzene rings is 3. The molecule has 4 atom stereocenters. The van der Waals surface area contributed by atoms with E-state index in [4.69, 9.17) is 40.3 Å². The lowest BCUT2D eigenvalue weighted by molar-refractivity contribution is -0.144. The molecule has 3 aromatic carbocycles. The van der Waals surface area contributed by atoms with Crippen LogP contribution < -0.4 is 20.9 Å². The Labute approximate surface area is 508 Å². The third kappa shape index (κ3) is 17.9. The van der Waals surface area contributed by atoms with Crippen LogP contribution in [-0.2, 0) is 42.9 Å². The van der Waals surface area contributed by atoms with Crippen molar-refractivity contribution in [1.29, 1.82) is 0 Å². The summed E-state index contributed by atoms with van der Waals surface area (Å²) in [6.07, 6.45) is -1.30. The molecule has 0 spiro atoms. The molecule has 26 heteroatoms. The number of piperazine rings is 1. The van der Waals surface area contributed by atoms with Crippen molar-refractivity contribution < 1.29 is 66.7 Å². The molecule has 5 amide bonds. The van der Waals surface area contributed by atoms with Gasteiger partial charge in [-0.1, -0.05) is 62.7 Å². The number of aromatic nitrogens is 3. The first-order valence-electron chi connectivity index (χ1n) is 28.6. The van der Waals surface area contributed by atoms with Gasteiger partial charge in [-0.15, -0.1) is 11.3 Å². The third-order valence-corrected chi connectivity index (χ3v) is 15.6. The summed E-state index contributed by atoms with van der Waals surface area (Å²) < 4.78 is 59.6. The number of carbonyl (C=O) groups is 5. The molecule has 468 valence electrons. The van der Waals surface area contributed by atoms with Crippen molar-refractivity contribution in [3.63, 3.8) is 0 Å². The molecule has 7 rings (SSSR count). The summed E-state index contributed by atoms with van der Waals surface area (Å²) in [6.45, 7) is 17.2. The number of hydrogen-bond acceptors (Lipinski definition) is 18. The molecule has 22 nitrogen and oxygen atoms in total. The summed E-state index contributed by atoms with van der Waals surface area (Å²) >= 11 is 8.17. The fourth-order valence-electron chi connectivity index (χ4n) is 9.76. The monoisotopic (exact) mass is 1240 g/mol. The number of likely N-dealkylation sites (N-methyl/N-ethyl adjacent to an activating group) is 1. The molecular formula is C60H79ClF2N10O12S. The van der Waals surface area contributed by atoms with Crippen molar-refractivity contribution >= 4 is 75.3 Å². The topological polar surface area (TPSA) is 260 Å². The highest BCUT2D eigenvalue weighted by Crippen LogP contribution is 2.43. The molecule has 2 aromatic heterocycles. The number of β-amino-alcohol motifs (C(OH)–C–C–N with tert-alkyl or cyclic N) is 1. The number of amides is 5. The first-order chi connectivity index (χ1) is 40.8. The minimum absolute atomic E-state index is 0.0143. The van der Waals surface area contributed by atoms with E-state index in [-0.39, 0.29) is 138 Å². The Balaban J connectivity index is 0.778. The molecule has 5 N–H and O–H groups in total. The maximum atomic E-state index is 16.6.